The molecule has 0 saturated heterocycles. The first-order valence-electron chi connectivity index (χ1n) is 8.94. The maximum atomic E-state index is 13.7. The van der Waals surface area contributed by atoms with Gasteiger partial charge in [0.05, 0.1) is 11.9 Å². The predicted octanol–water partition coefficient (Wildman–Crippen LogP) is 4.63. The van der Waals surface area contributed by atoms with Crippen LogP contribution in [0.15, 0.2) is 53.3 Å². The highest BCUT2D eigenvalue weighted by atomic mass is 32.1. The summed E-state index contributed by atoms with van der Waals surface area (Å²) in [6.07, 6.45) is 0. The van der Waals surface area contributed by atoms with Crippen molar-refractivity contribution >= 4 is 27.5 Å². The van der Waals surface area contributed by atoms with Gasteiger partial charge in [0.15, 0.2) is 0 Å². The molecule has 0 radical (unpaired) electrons. The molecule has 1 N–H and O–H groups in total. The molecule has 0 atom stereocenters. The van der Waals surface area contributed by atoms with E-state index in [1.54, 1.807) is 19.1 Å². The summed E-state index contributed by atoms with van der Waals surface area (Å²) in [5, 5.41) is 9.74. The molecule has 0 unspecified atom stereocenters. The summed E-state index contributed by atoms with van der Waals surface area (Å²) in [6.45, 7) is 3.68. The van der Waals surface area contributed by atoms with Crippen LogP contribution in [0.5, 0.6) is 0 Å². The van der Waals surface area contributed by atoms with Crippen molar-refractivity contribution in [3.05, 3.63) is 86.3 Å². The van der Waals surface area contributed by atoms with E-state index in [4.69, 9.17) is 0 Å². The molecule has 0 bridgehead atoms. The van der Waals surface area contributed by atoms with E-state index in [1.807, 2.05) is 31.2 Å². The normalized spacial score (nSPS) is 11.1. The van der Waals surface area contributed by atoms with Crippen molar-refractivity contribution in [2.75, 3.05) is 0 Å². The molecule has 0 amide bonds. The fraction of sp³-hybridized carbons (Fsp3) is 0.136. The molecule has 2 aromatic heterocycles. The van der Waals surface area contributed by atoms with E-state index in [0.29, 0.717) is 27.2 Å². The first-order valence-corrected chi connectivity index (χ1v) is 9.75. The van der Waals surface area contributed by atoms with Crippen LogP contribution in [-0.4, -0.2) is 20.6 Å². The van der Waals surface area contributed by atoms with Gasteiger partial charge in [-0.1, -0.05) is 35.9 Å². The number of carboxylic acid groups (broad SMARTS) is 1. The van der Waals surface area contributed by atoms with Crippen molar-refractivity contribution in [2.24, 2.45) is 0 Å². The highest BCUT2D eigenvalue weighted by Crippen LogP contribution is 2.30. The van der Waals surface area contributed by atoms with Crippen LogP contribution in [0.3, 0.4) is 0 Å². The lowest BCUT2D eigenvalue weighted by Crippen LogP contribution is -2.24. The molecule has 5 nitrogen and oxygen atoms in total. The Balaban J connectivity index is 2.03. The smallest absolute Gasteiger partial charge is 0.346 e. The molecule has 0 saturated carbocycles. The van der Waals surface area contributed by atoms with Crippen molar-refractivity contribution in [3.8, 4) is 11.4 Å². The third-order valence-corrected chi connectivity index (χ3v) is 5.92. The zero-order chi connectivity index (χ0) is 20.7. The van der Waals surface area contributed by atoms with Gasteiger partial charge in [0, 0.05) is 5.56 Å². The summed E-state index contributed by atoms with van der Waals surface area (Å²) in [7, 11) is 0. The van der Waals surface area contributed by atoms with Crippen molar-refractivity contribution < 1.29 is 14.3 Å². The molecule has 4 rings (SSSR count). The number of nitrogens with zero attached hydrogens (tertiary/aromatic N) is 2. The van der Waals surface area contributed by atoms with Crippen LogP contribution in [-0.2, 0) is 6.54 Å². The number of fused-ring (bicyclic) bond motifs is 1. The molecule has 0 spiro atoms. The Bertz CT molecular complexity index is 1320. The second-order valence-corrected chi connectivity index (χ2v) is 7.87. The van der Waals surface area contributed by atoms with Crippen LogP contribution < -0.4 is 5.56 Å². The van der Waals surface area contributed by atoms with Crippen molar-refractivity contribution in [1.29, 1.82) is 0 Å². The van der Waals surface area contributed by atoms with Gasteiger partial charge in [-0.3, -0.25) is 9.36 Å². The molecule has 0 aliphatic carbocycles. The Hall–Kier alpha value is -3.32. The molecular formula is C22H17FN2O3S. The monoisotopic (exact) mass is 408 g/mol. The molecule has 0 aliphatic heterocycles. The Morgan fingerprint density at radius 2 is 1.93 bits per heavy atom. The van der Waals surface area contributed by atoms with Gasteiger partial charge in [-0.15, -0.1) is 11.3 Å². The highest BCUT2D eigenvalue weighted by Gasteiger charge is 2.22. The third-order valence-electron chi connectivity index (χ3n) is 4.75. The molecule has 2 aromatic carbocycles. The lowest BCUT2D eigenvalue weighted by atomic mass is 10.1. The summed E-state index contributed by atoms with van der Waals surface area (Å²) in [5.41, 5.74) is 2.43. The number of hydrogen-bond donors (Lipinski definition) is 1. The second kappa shape index (κ2) is 7.25. The van der Waals surface area contributed by atoms with Crippen molar-refractivity contribution in [3.63, 3.8) is 0 Å². The van der Waals surface area contributed by atoms with Gasteiger partial charge in [0.2, 0.25) is 0 Å². The van der Waals surface area contributed by atoms with Crippen LogP contribution in [0.1, 0.15) is 26.4 Å². The minimum Gasteiger partial charge on any atom is -0.477 e. The number of aromatic carboxylic acids is 1. The first-order chi connectivity index (χ1) is 13.8. The molecule has 29 heavy (non-hydrogen) atoms. The molecular weight excluding hydrogens is 391 g/mol. The van der Waals surface area contributed by atoms with Crippen LogP contribution >= 0.6 is 11.3 Å². The number of halogens is 1. The number of hydrogen-bond acceptors (Lipinski definition) is 4. The fourth-order valence-electron chi connectivity index (χ4n) is 3.39. The van der Waals surface area contributed by atoms with Crippen molar-refractivity contribution in [2.45, 2.75) is 20.4 Å². The quantitative estimate of drug-likeness (QED) is 0.535. The Labute approximate surface area is 169 Å². The van der Waals surface area contributed by atoms with Gasteiger partial charge in [0.25, 0.3) is 5.56 Å². The summed E-state index contributed by atoms with van der Waals surface area (Å²) >= 11 is 0.993. The van der Waals surface area contributed by atoms with Gasteiger partial charge >= 0.3 is 5.97 Å². The third kappa shape index (κ3) is 3.45. The number of aromatic nitrogens is 2. The molecule has 7 heteroatoms. The molecule has 0 fully saturated rings. The molecule has 2 heterocycles. The van der Waals surface area contributed by atoms with E-state index < -0.39 is 5.97 Å². The largest absolute Gasteiger partial charge is 0.477 e. The minimum atomic E-state index is -1.08. The number of benzene rings is 2. The van der Waals surface area contributed by atoms with E-state index in [1.165, 1.54) is 16.7 Å². The number of thiophene rings is 1. The number of aryl methyl sites for hydroxylation is 2. The highest BCUT2D eigenvalue weighted by molar-refractivity contribution is 7.20. The Kier molecular flexibility index (Phi) is 4.76. The average molecular weight is 408 g/mol. The summed E-state index contributed by atoms with van der Waals surface area (Å²) in [6, 6.07) is 13.6. The second-order valence-electron chi connectivity index (χ2n) is 6.87. The van der Waals surface area contributed by atoms with Gasteiger partial charge in [0.1, 0.15) is 21.3 Å². The van der Waals surface area contributed by atoms with Gasteiger partial charge < -0.3 is 5.11 Å². The summed E-state index contributed by atoms with van der Waals surface area (Å²) < 4.78 is 15.2. The van der Waals surface area contributed by atoms with Crippen LogP contribution in [0.4, 0.5) is 4.39 Å². The fourth-order valence-corrected chi connectivity index (χ4v) is 4.40. The minimum absolute atomic E-state index is 0.100. The van der Waals surface area contributed by atoms with Gasteiger partial charge in [-0.25, -0.2) is 14.2 Å². The molecule has 146 valence electrons. The average Bonchev–Trinajstić information content (AvgIpc) is 3.01. The Morgan fingerprint density at radius 3 is 2.62 bits per heavy atom. The molecule has 4 aromatic rings. The maximum Gasteiger partial charge on any atom is 0.346 e. The lowest BCUT2D eigenvalue weighted by molar-refractivity contribution is 0.0701. The summed E-state index contributed by atoms with van der Waals surface area (Å²) in [5.74, 6) is -1.05. The Morgan fingerprint density at radius 1 is 1.17 bits per heavy atom. The zero-order valence-electron chi connectivity index (χ0n) is 15.8. The van der Waals surface area contributed by atoms with Crippen LogP contribution in [0.25, 0.3) is 21.6 Å². The first kappa shape index (κ1) is 19.0. The van der Waals surface area contributed by atoms with E-state index in [0.717, 1.165) is 22.5 Å². The van der Waals surface area contributed by atoms with Gasteiger partial charge in [-0.2, -0.15) is 0 Å². The summed E-state index contributed by atoms with van der Waals surface area (Å²) in [4.78, 5) is 30.1. The van der Waals surface area contributed by atoms with Crippen LogP contribution in [0.2, 0.25) is 0 Å². The van der Waals surface area contributed by atoms with E-state index in [9.17, 15) is 19.1 Å². The van der Waals surface area contributed by atoms with Crippen LogP contribution in [0, 0.1) is 19.7 Å². The zero-order valence-corrected chi connectivity index (χ0v) is 16.6. The number of rotatable bonds is 4. The SMILES string of the molecule is Cc1cccc(-c2nc3sc(C(=O)O)c(C)c3c(=O)n2Cc2cccc(F)c2)c1. The number of carboxylic acids is 1. The maximum absolute atomic E-state index is 13.7. The predicted molar refractivity (Wildman–Crippen MR) is 111 cm³/mol. The molecule has 0 aliphatic rings. The van der Waals surface area contributed by atoms with E-state index in [2.05, 4.69) is 4.98 Å². The standard InChI is InChI=1S/C22H17FN2O3S/c1-12-5-3-7-15(9-12)19-24-20-17(13(2)18(29-20)22(27)28)21(26)25(19)11-14-6-4-8-16(23)10-14/h3-10H,11H2,1-2H3,(H,27,28). The topological polar surface area (TPSA) is 72.2 Å². The van der Waals surface area contributed by atoms with Crippen molar-refractivity contribution in [1.82, 2.24) is 9.55 Å². The van der Waals surface area contributed by atoms with E-state index in [-0.39, 0.29) is 22.8 Å². The van der Waals surface area contributed by atoms with Gasteiger partial charge in [-0.05, 0) is 43.2 Å². The lowest BCUT2D eigenvalue weighted by Gasteiger charge is -2.13. The van der Waals surface area contributed by atoms with E-state index >= 15 is 0 Å². The number of carbonyl (C=O) groups is 1.